The molecule has 0 radical (unpaired) electrons. The summed E-state index contributed by atoms with van der Waals surface area (Å²) < 4.78 is 16.1. The van der Waals surface area contributed by atoms with Crippen LogP contribution in [0.5, 0.6) is 5.75 Å². The number of carbonyl (C=O) groups is 1. The van der Waals surface area contributed by atoms with Gasteiger partial charge in [-0.25, -0.2) is 4.79 Å². The molecule has 124 valence electrons. The summed E-state index contributed by atoms with van der Waals surface area (Å²) in [4.78, 5) is 11.7. The maximum absolute atomic E-state index is 11.7. The molecule has 0 saturated carbocycles. The van der Waals surface area contributed by atoms with Crippen LogP contribution in [0, 0.1) is 0 Å². The topological polar surface area (TPSA) is 76.6 Å². The van der Waals surface area contributed by atoms with Gasteiger partial charge in [0, 0.05) is 0 Å². The molecule has 0 spiro atoms. The van der Waals surface area contributed by atoms with Crippen LogP contribution < -0.4 is 15.4 Å². The molecule has 2 heterocycles. The van der Waals surface area contributed by atoms with E-state index in [0.29, 0.717) is 31.2 Å². The Balaban J connectivity index is 1.35. The van der Waals surface area contributed by atoms with Gasteiger partial charge in [-0.2, -0.15) is 0 Å². The van der Waals surface area contributed by atoms with Gasteiger partial charge in [0.25, 0.3) is 0 Å². The van der Waals surface area contributed by atoms with Crippen LogP contribution in [0.4, 0.5) is 4.79 Å². The molecule has 2 aromatic heterocycles. The Morgan fingerprint density at radius 2 is 1.92 bits per heavy atom. The number of para-hydroxylation sites is 1. The Labute approximate surface area is 139 Å². The van der Waals surface area contributed by atoms with Gasteiger partial charge >= 0.3 is 6.03 Å². The summed E-state index contributed by atoms with van der Waals surface area (Å²) in [6.45, 7) is 1.13. The van der Waals surface area contributed by atoms with Crippen molar-refractivity contribution < 1.29 is 18.4 Å². The van der Waals surface area contributed by atoms with E-state index in [1.165, 1.54) is 0 Å². The first-order valence-corrected chi connectivity index (χ1v) is 7.62. The third kappa shape index (κ3) is 4.42. The monoisotopic (exact) mass is 326 g/mol. The first-order chi connectivity index (χ1) is 11.8. The smallest absolute Gasteiger partial charge is 0.315 e. The highest BCUT2D eigenvalue weighted by Crippen LogP contribution is 2.22. The van der Waals surface area contributed by atoms with Crippen LogP contribution in [0.3, 0.4) is 0 Å². The second kappa shape index (κ2) is 7.92. The second-order valence-electron chi connectivity index (χ2n) is 5.05. The number of benzene rings is 1. The van der Waals surface area contributed by atoms with E-state index >= 15 is 0 Å². The molecule has 6 heteroatoms. The first-order valence-electron chi connectivity index (χ1n) is 7.62. The van der Waals surface area contributed by atoms with Gasteiger partial charge in [-0.15, -0.1) is 0 Å². The number of urea groups is 1. The van der Waals surface area contributed by atoms with Gasteiger partial charge in [0.15, 0.2) is 0 Å². The van der Waals surface area contributed by atoms with Crippen molar-refractivity contribution >= 4 is 6.03 Å². The summed E-state index contributed by atoms with van der Waals surface area (Å²) in [5.41, 5.74) is 0.865. The fourth-order valence-electron chi connectivity index (χ4n) is 2.11. The highest BCUT2D eigenvalue weighted by molar-refractivity contribution is 5.73. The lowest BCUT2D eigenvalue weighted by molar-refractivity contribution is 0.235. The molecule has 0 aliphatic carbocycles. The molecule has 0 saturated heterocycles. The summed E-state index contributed by atoms with van der Waals surface area (Å²) in [6.07, 6.45) is 3.19. The standard InChI is InChI=1S/C18H18N2O4/c21-18(19-9-11-23-15-4-2-1-3-5-15)20-12-16-6-7-17(24-16)14-8-10-22-13-14/h1-8,10,13H,9,11-12H2,(H2,19,20,21). The fraction of sp³-hybridized carbons (Fsp3) is 0.167. The van der Waals surface area contributed by atoms with Gasteiger partial charge in [0.1, 0.15) is 30.1 Å². The lowest BCUT2D eigenvalue weighted by Crippen LogP contribution is -2.37. The lowest BCUT2D eigenvalue weighted by Gasteiger charge is -2.08. The van der Waals surface area contributed by atoms with E-state index in [0.717, 1.165) is 11.3 Å². The average Bonchev–Trinajstić information content (AvgIpc) is 3.29. The fourth-order valence-corrected chi connectivity index (χ4v) is 2.11. The van der Waals surface area contributed by atoms with E-state index in [9.17, 15) is 4.79 Å². The molecule has 0 unspecified atom stereocenters. The van der Waals surface area contributed by atoms with Crippen molar-refractivity contribution in [3.05, 3.63) is 66.8 Å². The predicted octanol–water partition coefficient (Wildman–Crippen LogP) is 3.42. The molecule has 0 aliphatic heterocycles. The molecule has 0 aliphatic rings. The van der Waals surface area contributed by atoms with Crippen LogP contribution >= 0.6 is 0 Å². The average molecular weight is 326 g/mol. The number of amides is 2. The van der Waals surface area contributed by atoms with Crippen molar-refractivity contribution in [3.63, 3.8) is 0 Å². The summed E-state index contributed by atoms with van der Waals surface area (Å²) in [5, 5.41) is 5.46. The maximum Gasteiger partial charge on any atom is 0.315 e. The maximum atomic E-state index is 11.7. The van der Waals surface area contributed by atoms with E-state index in [1.807, 2.05) is 48.5 Å². The Kier molecular flexibility index (Phi) is 5.19. The number of ether oxygens (including phenoxy) is 1. The van der Waals surface area contributed by atoms with Crippen molar-refractivity contribution in [1.29, 1.82) is 0 Å². The van der Waals surface area contributed by atoms with Crippen molar-refractivity contribution in [2.75, 3.05) is 13.2 Å². The number of rotatable bonds is 7. The van der Waals surface area contributed by atoms with E-state index in [2.05, 4.69) is 10.6 Å². The van der Waals surface area contributed by atoms with E-state index in [-0.39, 0.29) is 6.03 Å². The van der Waals surface area contributed by atoms with Gasteiger partial charge in [-0.05, 0) is 30.3 Å². The quantitative estimate of drug-likeness (QED) is 0.652. The van der Waals surface area contributed by atoms with Crippen LogP contribution in [0.2, 0.25) is 0 Å². The number of hydrogen-bond donors (Lipinski definition) is 2. The number of hydrogen-bond acceptors (Lipinski definition) is 4. The highest BCUT2D eigenvalue weighted by atomic mass is 16.5. The zero-order chi connectivity index (χ0) is 16.6. The zero-order valence-corrected chi connectivity index (χ0v) is 13.0. The lowest BCUT2D eigenvalue weighted by atomic mass is 10.3. The van der Waals surface area contributed by atoms with Crippen LogP contribution in [-0.4, -0.2) is 19.2 Å². The predicted molar refractivity (Wildman–Crippen MR) is 88.6 cm³/mol. The van der Waals surface area contributed by atoms with E-state index < -0.39 is 0 Å². The minimum atomic E-state index is -0.270. The zero-order valence-electron chi connectivity index (χ0n) is 13.0. The van der Waals surface area contributed by atoms with Crippen LogP contribution in [0.1, 0.15) is 5.76 Å². The van der Waals surface area contributed by atoms with Gasteiger partial charge in [0.05, 0.1) is 24.9 Å². The molecule has 3 aromatic rings. The minimum Gasteiger partial charge on any atom is -0.492 e. The van der Waals surface area contributed by atoms with Crippen LogP contribution in [-0.2, 0) is 6.54 Å². The van der Waals surface area contributed by atoms with E-state index in [4.69, 9.17) is 13.6 Å². The Hall–Kier alpha value is -3.15. The SMILES string of the molecule is O=C(NCCOc1ccccc1)NCc1ccc(-c2ccoc2)o1. The largest absolute Gasteiger partial charge is 0.492 e. The molecular formula is C18H18N2O4. The molecule has 0 atom stereocenters. The van der Waals surface area contributed by atoms with Crippen LogP contribution in [0.25, 0.3) is 11.3 Å². The molecule has 0 fully saturated rings. The van der Waals surface area contributed by atoms with Crippen molar-refractivity contribution in [2.45, 2.75) is 6.54 Å². The van der Waals surface area contributed by atoms with E-state index in [1.54, 1.807) is 12.5 Å². The molecule has 2 N–H and O–H groups in total. The van der Waals surface area contributed by atoms with Gasteiger partial charge < -0.3 is 24.2 Å². The molecule has 1 aromatic carbocycles. The van der Waals surface area contributed by atoms with Gasteiger partial charge in [0.2, 0.25) is 0 Å². The third-order valence-electron chi connectivity index (χ3n) is 3.29. The summed E-state index contributed by atoms with van der Waals surface area (Å²) >= 11 is 0. The third-order valence-corrected chi connectivity index (χ3v) is 3.29. The van der Waals surface area contributed by atoms with Crippen LogP contribution in [0.15, 0.2) is 69.9 Å². The van der Waals surface area contributed by atoms with Crippen molar-refractivity contribution in [3.8, 4) is 17.1 Å². The van der Waals surface area contributed by atoms with Crippen molar-refractivity contribution in [1.82, 2.24) is 10.6 Å². The summed E-state index contributed by atoms with van der Waals surface area (Å²) in [6, 6.07) is 14.7. The number of nitrogens with one attached hydrogen (secondary N) is 2. The first kappa shape index (κ1) is 15.7. The Morgan fingerprint density at radius 3 is 2.71 bits per heavy atom. The van der Waals surface area contributed by atoms with Gasteiger partial charge in [-0.1, -0.05) is 18.2 Å². The van der Waals surface area contributed by atoms with Gasteiger partial charge in [-0.3, -0.25) is 0 Å². The Bertz CT molecular complexity index is 750. The Morgan fingerprint density at radius 1 is 1.04 bits per heavy atom. The second-order valence-corrected chi connectivity index (χ2v) is 5.05. The van der Waals surface area contributed by atoms with Crippen molar-refractivity contribution in [2.24, 2.45) is 0 Å². The molecular weight excluding hydrogens is 308 g/mol. The molecule has 24 heavy (non-hydrogen) atoms. The molecule has 6 nitrogen and oxygen atoms in total. The highest BCUT2D eigenvalue weighted by Gasteiger charge is 2.07. The number of furan rings is 2. The normalized spacial score (nSPS) is 10.3. The minimum absolute atomic E-state index is 0.270. The molecule has 3 rings (SSSR count). The summed E-state index contributed by atoms with van der Waals surface area (Å²) in [5.74, 6) is 2.15. The molecule has 0 bridgehead atoms. The summed E-state index contributed by atoms with van der Waals surface area (Å²) in [7, 11) is 0. The number of carbonyl (C=O) groups excluding carboxylic acids is 1. The molecule has 2 amide bonds.